The number of hydrogen-bond donors (Lipinski definition) is 3. The molecule has 1 unspecified atom stereocenters. The zero-order valence-corrected chi connectivity index (χ0v) is 16.4. The summed E-state index contributed by atoms with van der Waals surface area (Å²) in [5.41, 5.74) is 2.55. The Morgan fingerprint density at radius 2 is 2.10 bits per heavy atom. The van der Waals surface area contributed by atoms with Crippen molar-refractivity contribution in [1.29, 1.82) is 5.26 Å². The van der Waals surface area contributed by atoms with E-state index in [2.05, 4.69) is 21.8 Å². The van der Waals surface area contributed by atoms with Crippen LogP contribution in [0.5, 0.6) is 11.5 Å². The Bertz CT molecular complexity index is 1210. The smallest absolute Gasteiger partial charge is 0.255 e. The van der Waals surface area contributed by atoms with Gasteiger partial charge in [0.05, 0.1) is 24.6 Å². The van der Waals surface area contributed by atoms with E-state index in [4.69, 9.17) is 4.74 Å². The van der Waals surface area contributed by atoms with Gasteiger partial charge in [0.1, 0.15) is 35.0 Å². The number of nitrogens with zero attached hydrogens (tertiary/aromatic N) is 3. The van der Waals surface area contributed by atoms with Gasteiger partial charge in [-0.1, -0.05) is 24.3 Å². The number of carbonyl (C=O) groups excluding carboxylic acids is 1. The van der Waals surface area contributed by atoms with Crippen LogP contribution in [0.25, 0.3) is 0 Å². The lowest BCUT2D eigenvalue weighted by atomic mass is 9.94. The molecule has 1 aliphatic rings. The number of aromatic hydroxyl groups is 1. The van der Waals surface area contributed by atoms with Crippen molar-refractivity contribution in [1.82, 2.24) is 9.78 Å². The zero-order valence-electron chi connectivity index (χ0n) is 16.4. The number of para-hydroxylation sites is 2. The first-order valence-electron chi connectivity index (χ1n) is 9.22. The molecule has 0 saturated heterocycles. The summed E-state index contributed by atoms with van der Waals surface area (Å²) in [7, 11) is 1.53. The van der Waals surface area contributed by atoms with E-state index in [1.807, 2.05) is 6.07 Å². The van der Waals surface area contributed by atoms with Crippen molar-refractivity contribution in [3.05, 3.63) is 77.1 Å². The number of rotatable bonds is 4. The second-order valence-corrected chi connectivity index (χ2v) is 6.78. The fraction of sp³-hybridized carbons (Fsp3) is 0.136. The first-order valence-corrected chi connectivity index (χ1v) is 9.22. The number of fused-ring (bicyclic) bond motifs is 1. The quantitative estimate of drug-likeness (QED) is 0.618. The molecule has 3 aromatic rings. The molecule has 8 heteroatoms. The molecule has 8 nitrogen and oxygen atoms in total. The molecule has 1 amide bonds. The topological polar surface area (TPSA) is 112 Å². The minimum absolute atomic E-state index is 0.0717. The highest BCUT2D eigenvalue weighted by molar-refractivity contribution is 6.06. The van der Waals surface area contributed by atoms with Gasteiger partial charge in [-0.2, -0.15) is 10.4 Å². The summed E-state index contributed by atoms with van der Waals surface area (Å²) in [6.07, 6.45) is 1.45. The molecule has 0 saturated carbocycles. The summed E-state index contributed by atoms with van der Waals surface area (Å²) < 4.78 is 6.91. The Kier molecular flexibility index (Phi) is 4.86. The Labute approximate surface area is 173 Å². The molecule has 0 aliphatic carbocycles. The molecule has 2 heterocycles. The van der Waals surface area contributed by atoms with E-state index < -0.39 is 6.04 Å². The van der Waals surface area contributed by atoms with Crippen LogP contribution in [0, 0.1) is 11.3 Å². The van der Waals surface area contributed by atoms with Gasteiger partial charge in [0.25, 0.3) is 5.91 Å². The van der Waals surface area contributed by atoms with E-state index in [0.717, 1.165) is 0 Å². The zero-order chi connectivity index (χ0) is 21.3. The molecule has 0 spiro atoms. The first-order chi connectivity index (χ1) is 14.5. The van der Waals surface area contributed by atoms with Crippen LogP contribution in [0.1, 0.15) is 24.1 Å². The number of aromatic nitrogens is 2. The van der Waals surface area contributed by atoms with Gasteiger partial charge in [-0.15, -0.1) is 0 Å². The molecule has 1 atom stereocenters. The van der Waals surface area contributed by atoms with E-state index in [0.29, 0.717) is 39.7 Å². The van der Waals surface area contributed by atoms with E-state index in [9.17, 15) is 15.2 Å². The summed E-state index contributed by atoms with van der Waals surface area (Å²) in [6, 6.07) is 15.2. The number of benzene rings is 2. The van der Waals surface area contributed by atoms with Gasteiger partial charge < -0.3 is 20.5 Å². The van der Waals surface area contributed by atoms with Crippen LogP contribution >= 0.6 is 0 Å². The van der Waals surface area contributed by atoms with Gasteiger partial charge >= 0.3 is 0 Å². The Morgan fingerprint density at radius 1 is 1.30 bits per heavy atom. The third-order valence-electron chi connectivity index (χ3n) is 4.93. The minimum Gasteiger partial charge on any atom is -0.508 e. The van der Waals surface area contributed by atoms with Crippen molar-refractivity contribution < 1.29 is 14.6 Å². The highest BCUT2D eigenvalue weighted by Gasteiger charge is 2.34. The lowest BCUT2D eigenvalue weighted by Crippen LogP contribution is -2.31. The van der Waals surface area contributed by atoms with Gasteiger partial charge in [0, 0.05) is 5.70 Å². The molecule has 30 heavy (non-hydrogen) atoms. The molecule has 4 rings (SSSR count). The van der Waals surface area contributed by atoms with Gasteiger partial charge in [0.15, 0.2) is 0 Å². The molecular weight excluding hydrogens is 382 g/mol. The van der Waals surface area contributed by atoms with Crippen LogP contribution in [0.4, 0.5) is 11.5 Å². The van der Waals surface area contributed by atoms with Crippen molar-refractivity contribution in [2.45, 2.75) is 13.0 Å². The summed E-state index contributed by atoms with van der Waals surface area (Å²) in [6.45, 7) is 1.77. The molecule has 0 bridgehead atoms. The fourth-order valence-corrected chi connectivity index (χ4v) is 3.57. The molecule has 0 fully saturated rings. The van der Waals surface area contributed by atoms with Crippen molar-refractivity contribution in [3.63, 3.8) is 0 Å². The van der Waals surface area contributed by atoms with Crippen LogP contribution in [0.3, 0.4) is 0 Å². The normalized spacial score (nSPS) is 15.0. The number of hydrogen-bond acceptors (Lipinski definition) is 6. The van der Waals surface area contributed by atoms with E-state index in [-0.39, 0.29) is 11.7 Å². The highest BCUT2D eigenvalue weighted by atomic mass is 16.5. The number of nitrogens with one attached hydrogen (secondary N) is 2. The monoisotopic (exact) mass is 401 g/mol. The number of nitriles is 1. The summed E-state index contributed by atoms with van der Waals surface area (Å²) >= 11 is 0. The van der Waals surface area contributed by atoms with Crippen molar-refractivity contribution in [2.24, 2.45) is 0 Å². The second-order valence-electron chi connectivity index (χ2n) is 6.78. The van der Waals surface area contributed by atoms with Gasteiger partial charge in [-0.05, 0) is 36.8 Å². The van der Waals surface area contributed by atoms with Gasteiger partial charge in [-0.3, -0.25) is 4.79 Å². The number of methoxy groups -OCH3 is 1. The Morgan fingerprint density at radius 3 is 2.83 bits per heavy atom. The number of phenols is 1. The number of phenolic OH excluding ortho intramolecular Hbond substituents is 1. The van der Waals surface area contributed by atoms with Crippen molar-refractivity contribution in [2.75, 3.05) is 17.7 Å². The molecule has 150 valence electrons. The van der Waals surface area contributed by atoms with Crippen LogP contribution in [0.15, 0.2) is 66.0 Å². The predicted molar refractivity (Wildman–Crippen MR) is 111 cm³/mol. The Hall–Kier alpha value is -4.25. The predicted octanol–water partition coefficient (Wildman–Crippen LogP) is 3.40. The molecule has 1 aromatic heterocycles. The van der Waals surface area contributed by atoms with Crippen molar-refractivity contribution >= 4 is 17.4 Å². The second kappa shape index (κ2) is 7.64. The van der Waals surface area contributed by atoms with Gasteiger partial charge in [0.2, 0.25) is 0 Å². The highest BCUT2D eigenvalue weighted by Crippen LogP contribution is 2.38. The van der Waals surface area contributed by atoms with Crippen LogP contribution in [-0.2, 0) is 4.79 Å². The number of carbonyl (C=O) groups is 1. The SMILES string of the molecule is COc1ccccc1NC(=O)C1=C(C)Nc2c(C#N)cnn2C1c1cccc(O)c1. The van der Waals surface area contributed by atoms with E-state index in [1.165, 1.54) is 13.3 Å². The van der Waals surface area contributed by atoms with Gasteiger partial charge in [-0.25, -0.2) is 4.68 Å². The largest absolute Gasteiger partial charge is 0.508 e. The number of allylic oxidation sites excluding steroid dienone is 1. The third-order valence-corrected chi connectivity index (χ3v) is 4.93. The molecule has 0 radical (unpaired) electrons. The molecular formula is C22H19N5O3. The average molecular weight is 401 g/mol. The average Bonchev–Trinajstić information content (AvgIpc) is 3.15. The minimum atomic E-state index is -0.634. The maximum Gasteiger partial charge on any atom is 0.255 e. The molecule has 2 aromatic carbocycles. The molecule has 1 aliphatic heterocycles. The van der Waals surface area contributed by atoms with Crippen LogP contribution in [0.2, 0.25) is 0 Å². The maximum absolute atomic E-state index is 13.4. The summed E-state index contributed by atoms with van der Waals surface area (Å²) in [5, 5.41) is 29.8. The fourth-order valence-electron chi connectivity index (χ4n) is 3.57. The lowest BCUT2D eigenvalue weighted by Gasteiger charge is -2.30. The van der Waals surface area contributed by atoms with Crippen LogP contribution in [-0.4, -0.2) is 27.9 Å². The van der Waals surface area contributed by atoms with E-state index in [1.54, 1.807) is 54.1 Å². The van der Waals surface area contributed by atoms with E-state index >= 15 is 0 Å². The summed E-state index contributed by atoms with van der Waals surface area (Å²) in [5.74, 6) is 0.755. The van der Waals surface area contributed by atoms with Crippen molar-refractivity contribution in [3.8, 4) is 17.6 Å². The Balaban J connectivity index is 1.82. The first kappa shape index (κ1) is 19.1. The third kappa shape index (κ3) is 3.22. The van der Waals surface area contributed by atoms with Crippen LogP contribution < -0.4 is 15.4 Å². The lowest BCUT2D eigenvalue weighted by molar-refractivity contribution is -0.113. The number of anilines is 2. The standard InChI is InChI=1S/C22H19N5O3/c1-13-19(22(29)26-17-8-3-4-9-18(17)30-2)20(14-6-5-7-16(28)10-14)27-21(25-13)15(11-23)12-24-27/h3-10,12,20,25,28H,1-2H3,(H,26,29). The number of amides is 1. The molecule has 3 N–H and O–H groups in total. The maximum atomic E-state index is 13.4. The summed E-state index contributed by atoms with van der Waals surface area (Å²) in [4.78, 5) is 13.4. The number of ether oxygens (including phenoxy) is 1.